The highest BCUT2D eigenvalue weighted by molar-refractivity contribution is 6.47. The molecule has 0 atom stereocenters. The Morgan fingerprint density at radius 3 is 2.61 bits per heavy atom. The molecule has 0 heterocycles. The van der Waals surface area contributed by atoms with Crippen molar-refractivity contribution >= 4 is 28.8 Å². The second kappa shape index (κ2) is 5.99. The van der Waals surface area contributed by atoms with Gasteiger partial charge < -0.3 is 11.5 Å². The monoisotopic (exact) mass is 270 g/mol. The van der Waals surface area contributed by atoms with Gasteiger partial charge in [0.2, 0.25) is 0 Å². The fourth-order valence-electron chi connectivity index (χ4n) is 1.11. The lowest BCUT2D eigenvalue weighted by Crippen LogP contribution is -2.31. The summed E-state index contributed by atoms with van der Waals surface area (Å²) >= 11 is 5.72. The van der Waals surface area contributed by atoms with E-state index in [4.69, 9.17) is 28.9 Å². The highest BCUT2D eigenvalue weighted by Gasteiger charge is 2.09. The van der Waals surface area contributed by atoms with Gasteiger partial charge in [-0.15, -0.1) is 0 Å². The number of aliphatic imine (C=N–C) groups is 1. The number of nitrogens with one attached hydrogen (secondary N) is 1. The number of hydrogen-bond donors (Lipinski definition) is 4. The molecule has 0 aliphatic heterocycles. The summed E-state index contributed by atoms with van der Waals surface area (Å²) in [6.07, 6.45) is 0. The maximum atomic E-state index is 13.4. The Hall–Kier alpha value is -2.12. The summed E-state index contributed by atoms with van der Waals surface area (Å²) in [5.41, 5.74) is 13.1. The third kappa shape index (κ3) is 3.44. The molecule has 0 saturated heterocycles. The van der Waals surface area contributed by atoms with Crippen molar-refractivity contribution in [3.63, 3.8) is 0 Å². The number of halogens is 2. The molecule has 0 aromatic heterocycles. The van der Waals surface area contributed by atoms with E-state index in [0.29, 0.717) is 5.02 Å². The van der Waals surface area contributed by atoms with E-state index in [2.05, 4.69) is 16.7 Å². The normalized spacial score (nSPS) is 12.4. The van der Waals surface area contributed by atoms with Gasteiger partial charge in [-0.25, -0.2) is 20.8 Å². The van der Waals surface area contributed by atoms with Crippen LogP contribution in [-0.4, -0.2) is 11.5 Å². The molecule has 0 fully saturated rings. The van der Waals surface area contributed by atoms with E-state index < -0.39 is 5.82 Å². The molecule has 0 spiro atoms. The number of hydrazine groups is 1. The van der Waals surface area contributed by atoms with Crippen molar-refractivity contribution in [2.45, 2.75) is 0 Å². The van der Waals surface area contributed by atoms with Crippen molar-refractivity contribution in [1.82, 2.24) is 5.53 Å². The van der Waals surface area contributed by atoms with Crippen LogP contribution < -0.4 is 22.8 Å². The highest BCUT2D eigenvalue weighted by Crippen LogP contribution is 2.22. The summed E-state index contributed by atoms with van der Waals surface area (Å²) in [5.74, 6) is 4.30. The van der Waals surface area contributed by atoms with Crippen LogP contribution in [0, 0.1) is 5.82 Å². The van der Waals surface area contributed by atoms with Crippen LogP contribution in [0.15, 0.2) is 40.6 Å². The van der Waals surface area contributed by atoms with Gasteiger partial charge in [-0.1, -0.05) is 18.2 Å². The average molecular weight is 271 g/mol. The molecule has 0 unspecified atom stereocenters. The standard InChI is InChI=1S/C10H12ClFN6/c1-5(13)9(17-18-15)10(14)16-8-4-6(11)2-3-7(8)12/h2-4,18H,1,13,15H2,(H2,14,16)/b17-9+. The summed E-state index contributed by atoms with van der Waals surface area (Å²) in [4.78, 5) is 3.83. The van der Waals surface area contributed by atoms with Crippen LogP contribution in [-0.2, 0) is 0 Å². The Kier molecular flexibility index (Phi) is 4.64. The van der Waals surface area contributed by atoms with E-state index in [0.717, 1.165) is 0 Å². The topological polar surface area (TPSA) is 115 Å². The molecule has 8 heteroatoms. The minimum Gasteiger partial charge on any atom is -0.397 e. The molecule has 0 aliphatic rings. The van der Waals surface area contributed by atoms with Gasteiger partial charge in [-0.3, -0.25) is 0 Å². The van der Waals surface area contributed by atoms with E-state index in [9.17, 15) is 4.39 Å². The van der Waals surface area contributed by atoms with Gasteiger partial charge in [0, 0.05) is 5.02 Å². The maximum Gasteiger partial charge on any atom is 0.154 e. The number of rotatable bonds is 4. The van der Waals surface area contributed by atoms with Crippen LogP contribution in [0.2, 0.25) is 5.02 Å². The van der Waals surface area contributed by atoms with Crippen LogP contribution in [0.3, 0.4) is 0 Å². The van der Waals surface area contributed by atoms with Crippen molar-refractivity contribution in [2.75, 3.05) is 0 Å². The molecule has 7 N–H and O–H groups in total. The van der Waals surface area contributed by atoms with Gasteiger partial charge in [0.05, 0.1) is 5.70 Å². The van der Waals surface area contributed by atoms with Gasteiger partial charge in [-0.05, 0) is 18.2 Å². The summed E-state index contributed by atoms with van der Waals surface area (Å²) < 4.78 is 13.4. The quantitative estimate of drug-likeness (QED) is 0.280. The van der Waals surface area contributed by atoms with Crippen LogP contribution in [0.5, 0.6) is 0 Å². The van der Waals surface area contributed by atoms with E-state index in [-0.39, 0.29) is 22.9 Å². The van der Waals surface area contributed by atoms with Gasteiger partial charge >= 0.3 is 0 Å². The zero-order valence-electron chi connectivity index (χ0n) is 9.32. The molecule has 18 heavy (non-hydrogen) atoms. The summed E-state index contributed by atoms with van der Waals surface area (Å²) in [5, 5.41) is 3.90. The lowest BCUT2D eigenvalue weighted by atomic mass is 10.2. The lowest BCUT2D eigenvalue weighted by molar-refractivity contribution is 0.630. The summed E-state index contributed by atoms with van der Waals surface area (Å²) in [6, 6.07) is 3.88. The Bertz CT molecular complexity index is 525. The van der Waals surface area contributed by atoms with Crippen molar-refractivity contribution in [2.24, 2.45) is 27.4 Å². The predicted octanol–water partition coefficient (Wildman–Crippen LogP) is 0.760. The van der Waals surface area contributed by atoms with Gasteiger partial charge in [0.1, 0.15) is 17.2 Å². The number of benzene rings is 1. The Labute approximate surface area is 108 Å². The molecule has 0 aliphatic carbocycles. The molecule has 1 rings (SSSR count). The first-order valence-corrected chi connectivity index (χ1v) is 5.11. The molecule has 1 aromatic carbocycles. The molecular formula is C10H12ClFN6. The van der Waals surface area contributed by atoms with Crippen molar-refractivity contribution < 1.29 is 4.39 Å². The Morgan fingerprint density at radius 1 is 1.39 bits per heavy atom. The average Bonchev–Trinajstić information content (AvgIpc) is 2.30. The van der Waals surface area contributed by atoms with Crippen LogP contribution in [0.1, 0.15) is 0 Å². The largest absolute Gasteiger partial charge is 0.397 e. The maximum absolute atomic E-state index is 13.4. The van der Waals surface area contributed by atoms with E-state index in [1.807, 2.05) is 5.53 Å². The molecular weight excluding hydrogens is 259 g/mol. The van der Waals surface area contributed by atoms with Gasteiger partial charge in [0.25, 0.3) is 0 Å². The zero-order chi connectivity index (χ0) is 13.7. The fourth-order valence-corrected chi connectivity index (χ4v) is 1.28. The molecule has 0 bridgehead atoms. The number of nitrogens with zero attached hydrogens (tertiary/aromatic N) is 2. The predicted molar refractivity (Wildman–Crippen MR) is 70.8 cm³/mol. The molecule has 1 aromatic rings. The Morgan fingerprint density at radius 2 is 2.06 bits per heavy atom. The molecule has 0 amide bonds. The lowest BCUT2D eigenvalue weighted by Gasteiger charge is -2.05. The van der Waals surface area contributed by atoms with Gasteiger partial charge in [-0.2, -0.15) is 5.10 Å². The molecule has 0 radical (unpaired) electrons. The first-order valence-electron chi connectivity index (χ1n) is 4.73. The second-order valence-corrected chi connectivity index (χ2v) is 3.64. The van der Waals surface area contributed by atoms with E-state index in [1.165, 1.54) is 18.2 Å². The van der Waals surface area contributed by atoms with E-state index >= 15 is 0 Å². The summed E-state index contributed by atoms with van der Waals surface area (Å²) in [7, 11) is 0. The Balaban J connectivity index is 3.19. The van der Waals surface area contributed by atoms with Crippen molar-refractivity contribution in [1.29, 1.82) is 0 Å². The minimum absolute atomic E-state index is 0.0249. The molecule has 0 saturated carbocycles. The van der Waals surface area contributed by atoms with Crippen LogP contribution in [0.4, 0.5) is 10.1 Å². The molecule has 6 nitrogen and oxygen atoms in total. The van der Waals surface area contributed by atoms with Gasteiger partial charge in [0.15, 0.2) is 5.84 Å². The van der Waals surface area contributed by atoms with Crippen LogP contribution >= 0.6 is 11.6 Å². The van der Waals surface area contributed by atoms with E-state index in [1.54, 1.807) is 0 Å². The zero-order valence-corrected chi connectivity index (χ0v) is 10.1. The smallest absolute Gasteiger partial charge is 0.154 e. The highest BCUT2D eigenvalue weighted by atomic mass is 35.5. The minimum atomic E-state index is -0.579. The first-order chi connectivity index (χ1) is 8.45. The second-order valence-electron chi connectivity index (χ2n) is 3.21. The first kappa shape index (κ1) is 13.9. The fraction of sp³-hybridized carbons (Fsp3) is 0. The summed E-state index contributed by atoms with van der Waals surface area (Å²) in [6.45, 7) is 3.45. The number of amidine groups is 1. The van der Waals surface area contributed by atoms with Crippen molar-refractivity contribution in [3.8, 4) is 0 Å². The van der Waals surface area contributed by atoms with Crippen molar-refractivity contribution in [3.05, 3.63) is 41.3 Å². The SMILES string of the molecule is C=C(N)/C(=N\NN)C(N)=Nc1cc(Cl)ccc1F. The number of nitrogens with two attached hydrogens (primary N) is 3. The number of hydrogen-bond acceptors (Lipinski definition) is 5. The third-order valence-corrected chi connectivity index (χ3v) is 2.11. The van der Waals surface area contributed by atoms with Crippen LogP contribution in [0.25, 0.3) is 0 Å². The molecule has 96 valence electrons. The third-order valence-electron chi connectivity index (χ3n) is 1.87. The number of hydrazone groups is 1.